The molecule has 2 aromatic carbocycles. The minimum absolute atomic E-state index is 0.0908. The summed E-state index contributed by atoms with van der Waals surface area (Å²) >= 11 is 0. The second-order valence-electron chi connectivity index (χ2n) is 4.56. The molecule has 0 amide bonds. The molecule has 3 aromatic rings. The molecule has 110 valence electrons. The third-order valence-corrected chi connectivity index (χ3v) is 3.13. The number of rotatable bonds is 3. The van der Waals surface area contributed by atoms with Crippen LogP contribution in [0.15, 0.2) is 59.0 Å². The predicted molar refractivity (Wildman–Crippen MR) is 78.7 cm³/mol. The fourth-order valence-corrected chi connectivity index (χ4v) is 2.06. The number of benzene rings is 2. The molecule has 0 aliphatic rings. The summed E-state index contributed by atoms with van der Waals surface area (Å²) in [6, 6.07) is 14.8. The van der Waals surface area contributed by atoms with Gasteiger partial charge in [0.05, 0.1) is 7.11 Å². The van der Waals surface area contributed by atoms with Crippen molar-refractivity contribution in [3.8, 4) is 22.8 Å². The SMILES string of the molecule is COC(=O)c1nc(-c2ccc(F)cc2)oc1-c1ccccc1. The first-order chi connectivity index (χ1) is 10.7. The lowest BCUT2D eigenvalue weighted by Crippen LogP contribution is -2.03. The molecule has 0 unspecified atom stereocenters. The number of ether oxygens (including phenoxy) is 1. The van der Waals surface area contributed by atoms with Crippen molar-refractivity contribution in [3.63, 3.8) is 0 Å². The van der Waals surface area contributed by atoms with E-state index in [0.29, 0.717) is 16.9 Å². The molecule has 0 radical (unpaired) electrons. The summed E-state index contributed by atoms with van der Waals surface area (Å²) < 4.78 is 23.5. The molecule has 5 heteroatoms. The van der Waals surface area contributed by atoms with Gasteiger partial charge in [0, 0.05) is 11.1 Å². The molecule has 1 aromatic heterocycles. The number of nitrogens with zero attached hydrogens (tertiary/aromatic N) is 1. The van der Waals surface area contributed by atoms with Gasteiger partial charge in [0.25, 0.3) is 0 Å². The Hall–Kier alpha value is -2.95. The Kier molecular flexibility index (Phi) is 3.70. The number of carbonyl (C=O) groups excluding carboxylic acids is 1. The molecular weight excluding hydrogens is 285 g/mol. The molecule has 4 nitrogen and oxygen atoms in total. The van der Waals surface area contributed by atoms with Crippen LogP contribution in [-0.2, 0) is 4.74 Å². The van der Waals surface area contributed by atoms with Crippen molar-refractivity contribution in [1.29, 1.82) is 0 Å². The van der Waals surface area contributed by atoms with Crippen LogP contribution in [-0.4, -0.2) is 18.1 Å². The zero-order valence-electron chi connectivity index (χ0n) is 11.7. The highest BCUT2D eigenvalue weighted by molar-refractivity contribution is 5.94. The van der Waals surface area contributed by atoms with Crippen LogP contribution in [0.1, 0.15) is 10.5 Å². The second kappa shape index (κ2) is 5.81. The van der Waals surface area contributed by atoms with E-state index in [9.17, 15) is 9.18 Å². The molecule has 0 aliphatic carbocycles. The minimum Gasteiger partial charge on any atom is -0.464 e. The standard InChI is InChI=1S/C17H12FNO3/c1-21-17(20)14-15(11-5-3-2-4-6-11)22-16(19-14)12-7-9-13(18)10-8-12/h2-10H,1H3. The van der Waals surface area contributed by atoms with Crippen LogP contribution < -0.4 is 0 Å². The zero-order valence-corrected chi connectivity index (χ0v) is 11.7. The average Bonchev–Trinajstić information content (AvgIpc) is 3.01. The Morgan fingerprint density at radius 2 is 1.73 bits per heavy atom. The molecule has 3 rings (SSSR count). The van der Waals surface area contributed by atoms with Crippen molar-refractivity contribution in [2.75, 3.05) is 7.11 Å². The van der Waals surface area contributed by atoms with Gasteiger partial charge in [-0.1, -0.05) is 30.3 Å². The highest BCUT2D eigenvalue weighted by Gasteiger charge is 2.22. The summed E-state index contributed by atoms with van der Waals surface area (Å²) in [6.07, 6.45) is 0. The quantitative estimate of drug-likeness (QED) is 0.687. The third-order valence-electron chi connectivity index (χ3n) is 3.13. The van der Waals surface area contributed by atoms with Crippen LogP contribution in [0.2, 0.25) is 0 Å². The summed E-state index contributed by atoms with van der Waals surface area (Å²) in [5, 5.41) is 0. The van der Waals surface area contributed by atoms with Crippen LogP contribution in [0.5, 0.6) is 0 Å². The van der Waals surface area contributed by atoms with Crippen molar-refractivity contribution >= 4 is 5.97 Å². The van der Waals surface area contributed by atoms with Gasteiger partial charge in [0.15, 0.2) is 11.5 Å². The summed E-state index contributed by atoms with van der Waals surface area (Å²) in [6.45, 7) is 0. The van der Waals surface area contributed by atoms with Gasteiger partial charge in [0.2, 0.25) is 5.89 Å². The van der Waals surface area contributed by atoms with Crippen LogP contribution in [0.25, 0.3) is 22.8 Å². The molecule has 22 heavy (non-hydrogen) atoms. The molecule has 0 spiro atoms. The summed E-state index contributed by atoms with van der Waals surface area (Å²) in [7, 11) is 1.28. The third kappa shape index (κ3) is 2.61. The zero-order chi connectivity index (χ0) is 15.5. The molecule has 0 N–H and O–H groups in total. The number of hydrogen-bond acceptors (Lipinski definition) is 4. The van der Waals surface area contributed by atoms with Crippen LogP contribution in [0.4, 0.5) is 4.39 Å². The van der Waals surface area contributed by atoms with Crippen molar-refractivity contribution < 1.29 is 18.3 Å². The Morgan fingerprint density at radius 3 is 2.36 bits per heavy atom. The van der Waals surface area contributed by atoms with E-state index >= 15 is 0 Å². The number of hydrogen-bond donors (Lipinski definition) is 0. The molecule has 0 atom stereocenters. The summed E-state index contributed by atoms with van der Waals surface area (Å²) in [5.41, 5.74) is 1.38. The maximum absolute atomic E-state index is 13.0. The lowest BCUT2D eigenvalue weighted by molar-refractivity contribution is 0.0595. The largest absolute Gasteiger partial charge is 0.464 e. The van der Waals surface area contributed by atoms with E-state index in [1.807, 2.05) is 18.2 Å². The first-order valence-corrected chi connectivity index (χ1v) is 6.59. The predicted octanol–water partition coefficient (Wildman–Crippen LogP) is 3.93. The van der Waals surface area contributed by atoms with E-state index in [1.165, 1.54) is 31.4 Å². The smallest absolute Gasteiger partial charge is 0.360 e. The highest BCUT2D eigenvalue weighted by atomic mass is 19.1. The Balaban J connectivity index is 2.13. The molecule has 0 saturated carbocycles. The molecule has 1 heterocycles. The van der Waals surface area contributed by atoms with E-state index in [0.717, 1.165) is 0 Å². The Labute approximate surface area is 126 Å². The van der Waals surface area contributed by atoms with E-state index in [1.54, 1.807) is 12.1 Å². The average molecular weight is 297 g/mol. The van der Waals surface area contributed by atoms with Gasteiger partial charge in [-0.2, -0.15) is 0 Å². The fourth-order valence-electron chi connectivity index (χ4n) is 2.06. The van der Waals surface area contributed by atoms with Crippen LogP contribution >= 0.6 is 0 Å². The first-order valence-electron chi connectivity index (χ1n) is 6.59. The van der Waals surface area contributed by atoms with Gasteiger partial charge in [-0.15, -0.1) is 0 Å². The van der Waals surface area contributed by atoms with E-state index in [2.05, 4.69) is 4.98 Å². The van der Waals surface area contributed by atoms with Crippen molar-refractivity contribution in [3.05, 3.63) is 66.1 Å². The maximum Gasteiger partial charge on any atom is 0.360 e. The summed E-state index contributed by atoms with van der Waals surface area (Å²) in [5.74, 6) is -0.381. The van der Waals surface area contributed by atoms with Gasteiger partial charge in [-0.3, -0.25) is 0 Å². The van der Waals surface area contributed by atoms with E-state index in [4.69, 9.17) is 9.15 Å². The lowest BCUT2D eigenvalue weighted by Gasteiger charge is -1.98. The van der Waals surface area contributed by atoms with Gasteiger partial charge in [-0.05, 0) is 24.3 Å². The fraction of sp³-hybridized carbons (Fsp3) is 0.0588. The van der Waals surface area contributed by atoms with Gasteiger partial charge in [0.1, 0.15) is 5.82 Å². The number of aromatic nitrogens is 1. The first kappa shape index (κ1) is 14.0. The Bertz CT molecular complexity index is 795. The van der Waals surface area contributed by atoms with Gasteiger partial charge >= 0.3 is 5.97 Å². The van der Waals surface area contributed by atoms with E-state index in [-0.39, 0.29) is 17.4 Å². The van der Waals surface area contributed by atoms with E-state index < -0.39 is 5.97 Å². The molecule has 0 bridgehead atoms. The lowest BCUT2D eigenvalue weighted by atomic mass is 10.1. The number of methoxy groups -OCH3 is 1. The molecular formula is C17H12FNO3. The Morgan fingerprint density at radius 1 is 1.05 bits per heavy atom. The second-order valence-corrected chi connectivity index (χ2v) is 4.56. The highest BCUT2D eigenvalue weighted by Crippen LogP contribution is 2.30. The van der Waals surface area contributed by atoms with Crippen LogP contribution in [0, 0.1) is 5.82 Å². The van der Waals surface area contributed by atoms with Crippen molar-refractivity contribution in [1.82, 2.24) is 4.98 Å². The monoisotopic (exact) mass is 297 g/mol. The minimum atomic E-state index is -0.587. The van der Waals surface area contributed by atoms with Crippen molar-refractivity contribution in [2.45, 2.75) is 0 Å². The van der Waals surface area contributed by atoms with Crippen molar-refractivity contribution in [2.24, 2.45) is 0 Å². The topological polar surface area (TPSA) is 52.3 Å². The number of oxazole rings is 1. The summed E-state index contributed by atoms with van der Waals surface area (Å²) in [4.78, 5) is 16.1. The normalized spacial score (nSPS) is 10.5. The maximum atomic E-state index is 13.0. The molecule has 0 aliphatic heterocycles. The number of halogens is 1. The van der Waals surface area contributed by atoms with Gasteiger partial charge in [-0.25, -0.2) is 14.2 Å². The van der Waals surface area contributed by atoms with Gasteiger partial charge < -0.3 is 9.15 Å². The van der Waals surface area contributed by atoms with Crippen LogP contribution in [0.3, 0.4) is 0 Å². The molecule has 0 fully saturated rings. The molecule has 0 saturated heterocycles. The number of carbonyl (C=O) groups is 1. The number of esters is 1.